The third-order valence-electron chi connectivity index (χ3n) is 2.16. The molecule has 0 unspecified atom stereocenters. The van der Waals surface area contributed by atoms with E-state index in [4.69, 9.17) is 11.6 Å². The molecular formula is C11H10ClN3O. The topological polar surface area (TPSA) is 47.8 Å². The molecule has 2 aromatic rings. The predicted octanol–water partition coefficient (Wildman–Crippen LogP) is 1.93. The molecule has 2 rings (SSSR count). The smallest absolute Gasteiger partial charge is 0.280 e. The van der Waals surface area contributed by atoms with Gasteiger partial charge in [-0.2, -0.15) is 0 Å². The van der Waals surface area contributed by atoms with E-state index in [2.05, 4.69) is 9.97 Å². The lowest BCUT2D eigenvalue weighted by atomic mass is 10.3. The summed E-state index contributed by atoms with van der Waals surface area (Å²) in [6, 6.07) is 3.51. The summed E-state index contributed by atoms with van der Waals surface area (Å²) in [5, 5.41) is 0.646. The highest BCUT2D eigenvalue weighted by atomic mass is 35.5. The molecule has 2 aromatic heterocycles. The maximum Gasteiger partial charge on any atom is 0.280 e. The van der Waals surface area contributed by atoms with Gasteiger partial charge in [0.2, 0.25) is 0 Å². The average Bonchev–Trinajstić information content (AvgIpc) is 2.28. The zero-order valence-electron chi connectivity index (χ0n) is 8.72. The van der Waals surface area contributed by atoms with Crippen LogP contribution in [0.25, 0.3) is 11.0 Å². The number of fused-ring (bicyclic) bond motifs is 1. The summed E-state index contributed by atoms with van der Waals surface area (Å²) in [6.45, 7) is 2.17. The van der Waals surface area contributed by atoms with Crippen LogP contribution in [0, 0.1) is 0 Å². The van der Waals surface area contributed by atoms with Crippen LogP contribution in [-0.2, 0) is 6.54 Å². The molecule has 0 aliphatic rings. The van der Waals surface area contributed by atoms with Gasteiger partial charge in [0.05, 0.1) is 11.8 Å². The van der Waals surface area contributed by atoms with Crippen LogP contribution < -0.4 is 5.56 Å². The fraction of sp³-hybridized carbons (Fsp3) is 0.182. The van der Waals surface area contributed by atoms with Gasteiger partial charge in [-0.3, -0.25) is 9.36 Å². The van der Waals surface area contributed by atoms with Crippen molar-refractivity contribution >= 4 is 22.6 Å². The van der Waals surface area contributed by atoms with Gasteiger partial charge in [0.15, 0.2) is 5.52 Å². The molecule has 0 spiro atoms. The number of hydrogen-bond donors (Lipinski definition) is 0. The standard InChI is InChI=1S/C11H10ClN3O/c1-8(12)4-6-15-7-14-9-3-2-5-13-10(9)11(15)16/h2-5,7H,6H2,1H3/b8-4-. The molecule has 0 amide bonds. The zero-order chi connectivity index (χ0) is 11.5. The van der Waals surface area contributed by atoms with E-state index in [0.717, 1.165) is 0 Å². The van der Waals surface area contributed by atoms with Crippen molar-refractivity contribution in [2.45, 2.75) is 13.5 Å². The van der Waals surface area contributed by atoms with Gasteiger partial charge in [0.1, 0.15) is 0 Å². The largest absolute Gasteiger partial charge is 0.293 e. The third kappa shape index (κ3) is 2.12. The Kier molecular flexibility index (Phi) is 3.01. The van der Waals surface area contributed by atoms with Gasteiger partial charge in [0.25, 0.3) is 5.56 Å². The fourth-order valence-electron chi connectivity index (χ4n) is 1.34. The van der Waals surface area contributed by atoms with E-state index in [1.807, 2.05) is 0 Å². The first-order chi connectivity index (χ1) is 7.68. The number of allylic oxidation sites excluding steroid dienone is 2. The minimum Gasteiger partial charge on any atom is -0.293 e. The average molecular weight is 236 g/mol. The Morgan fingerprint density at radius 2 is 2.38 bits per heavy atom. The highest BCUT2D eigenvalue weighted by molar-refractivity contribution is 6.29. The van der Waals surface area contributed by atoms with E-state index >= 15 is 0 Å². The van der Waals surface area contributed by atoms with Crippen LogP contribution in [0.5, 0.6) is 0 Å². The van der Waals surface area contributed by atoms with Crippen LogP contribution >= 0.6 is 11.6 Å². The van der Waals surface area contributed by atoms with Crippen molar-refractivity contribution in [1.82, 2.24) is 14.5 Å². The van der Waals surface area contributed by atoms with Gasteiger partial charge < -0.3 is 0 Å². The molecule has 0 N–H and O–H groups in total. The second-order valence-corrected chi connectivity index (χ2v) is 3.96. The van der Waals surface area contributed by atoms with Gasteiger partial charge in [-0.1, -0.05) is 17.7 Å². The van der Waals surface area contributed by atoms with E-state index in [9.17, 15) is 4.79 Å². The second-order valence-electron chi connectivity index (χ2n) is 3.36. The van der Waals surface area contributed by atoms with Crippen molar-refractivity contribution in [2.24, 2.45) is 0 Å². The first kappa shape index (κ1) is 10.8. The predicted molar refractivity (Wildman–Crippen MR) is 63.4 cm³/mol. The summed E-state index contributed by atoms with van der Waals surface area (Å²) in [6.07, 6.45) is 4.83. The molecule has 0 atom stereocenters. The second kappa shape index (κ2) is 4.45. The fourth-order valence-corrected chi connectivity index (χ4v) is 1.41. The van der Waals surface area contributed by atoms with Crippen LogP contribution in [0.2, 0.25) is 0 Å². The maximum absolute atomic E-state index is 11.9. The van der Waals surface area contributed by atoms with Crippen LogP contribution in [0.4, 0.5) is 0 Å². The Morgan fingerprint density at radius 1 is 1.56 bits per heavy atom. The molecule has 0 aliphatic carbocycles. The Labute approximate surface area is 97.2 Å². The number of pyridine rings is 1. The van der Waals surface area contributed by atoms with Crippen molar-refractivity contribution in [3.63, 3.8) is 0 Å². The molecule has 0 saturated carbocycles. The first-order valence-corrected chi connectivity index (χ1v) is 5.18. The summed E-state index contributed by atoms with van der Waals surface area (Å²) in [7, 11) is 0. The molecule has 4 nitrogen and oxygen atoms in total. The summed E-state index contributed by atoms with van der Waals surface area (Å²) >= 11 is 5.71. The SMILES string of the molecule is C/C(Cl)=C/Cn1cnc2cccnc2c1=O. The lowest BCUT2D eigenvalue weighted by Gasteiger charge is -2.02. The lowest BCUT2D eigenvalue weighted by molar-refractivity contribution is 0.762. The number of aromatic nitrogens is 3. The molecule has 16 heavy (non-hydrogen) atoms. The van der Waals surface area contributed by atoms with Crippen LogP contribution in [0.15, 0.2) is 40.6 Å². The molecule has 0 radical (unpaired) electrons. The zero-order valence-corrected chi connectivity index (χ0v) is 9.48. The summed E-state index contributed by atoms with van der Waals surface area (Å²) in [5.74, 6) is 0. The molecule has 0 aromatic carbocycles. The van der Waals surface area contributed by atoms with Gasteiger partial charge in [-0.05, 0) is 19.1 Å². The highest BCUT2D eigenvalue weighted by Crippen LogP contribution is 2.02. The molecule has 0 saturated heterocycles. The van der Waals surface area contributed by atoms with Crippen molar-refractivity contribution in [1.29, 1.82) is 0 Å². The summed E-state index contributed by atoms with van der Waals surface area (Å²) in [4.78, 5) is 20.1. The van der Waals surface area contributed by atoms with Crippen LogP contribution in [-0.4, -0.2) is 14.5 Å². The van der Waals surface area contributed by atoms with Crippen LogP contribution in [0.3, 0.4) is 0 Å². The third-order valence-corrected chi connectivity index (χ3v) is 2.31. The van der Waals surface area contributed by atoms with E-state index in [-0.39, 0.29) is 5.56 Å². The van der Waals surface area contributed by atoms with E-state index in [1.54, 1.807) is 31.3 Å². The minimum absolute atomic E-state index is 0.153. The van der Waals surface area contributed by atoms with Crippen molar-refractivity contribution in [3.05, 3.63) is 46.1 Å². The summed E-state index contributed by atoms with van der Waals surface area (Å²) in [5.41, 5.74) is 0.834. The van der Waals surface area contributed by atoms with Gasteiger partial charge in [-0.25, -0.2) is 9.97 Å². The quantitative estimate of drug-likeness (QED) is 0.799. The Morgan fingerprint density at radius 3 is 3.12 bits per heavy atom. The monoisotopic (exact) mass is 235 g/mol. The van der Waals surface area contributed by atoms with E-state index in [0.29, 0.717) is 22.6 Å². The van der Waals surface area contributed by atoms with Gasteiger partial charge in [0, 0.05) is 17.8 Å². The Hall–Kier alpha value is -1.68. The molecule has 0 aliphatic heterocycles. The molecule has 0 fully saturated rings. The lowest BCUT2D eigenvalue weighted by Crippen LogP contribution is -2.20. The number of halogens is 1. The maximum atomic E-state index is 11.9. The van der Waals surface area contributed by atoms with E-state index < -0.39 is 0 Å². The Bertz CT molecular complexity index is 599. The number of nitrogens with zero attached hydrogens (tertiary/aromatic N) is 3. The van der Waals surface area contributed by atoms with Gasteiger partial charge >= 0.3 is 0 Å². The molecular weight excluding hydrogens is 226 g/mol. The van der Waals surface area contributed by atoms with Crippen LogP contribution in [0.1, 0.15) is 6.92 Å². The van der Waals surface area contributed by atoms with E-state index in [1.165, 1.54) is 10.9 Å². The van der Waals surface area contributed by atoms with Crippen molar-refractivity contribution in [3.8, 4) is 0 Å². The molecule has 5 heteroatoms. The Balaban J connectivity index is 2.53. The normalized spacial score (nSPS) is 12.0. The van der Waals surface area contributed by atoms with Crippen molar-refractivity contribution in [2.75, 3.05) is 0 Å². The first-order valence-electron chi connectivity index (χ1n) is 4.81. The van der Waals surface area contributed by atoms with Crippen molar-refractivity contribution < 1.29 is 0 Å². The number of hydrogen-bond acceptors (Lipinski definition) is 3. The molecule has 2 heterocycles. The molecule has 82 valence electrons. The number of rotatable bonds is 2. The highest BCUT2D eigenvalue weighted by Gasteiger charge is 2.02. The van der Waals surface area contributed by atoms with Gasteiger partial charge in [-0.15, -0.1) is 0 Å². The summed E-state index contributed by atoms with van der Waals surface area (Å²) < 4.78 is 1.47. The minimum atomic E-state index is -0.153. The molecule has 0 bridgehead atoms.